The monoisotopic (exact) mass is 347 g/mol. The second kappa shape index (κ2) is 8.18. The highest BCUT2D eigenvalue weighted by Crippen LogP contribution is 2.34. The predicted octanol–water partition coefficient (Wildman–Crippen LogP) is 1.63. The van der Waals surface area contributed by atoms with Gasteiger partial charge < -0.3 is 21.1 Å². The Balaban J connectivity index is 2.62. The first-order chi connectivity index (χ1) is 11.1. The molecule has 24 heavy (non-hydrogen) atoms. The molecule has 0 spiro atoms. The first kappa shape index (κ1) is 19.3. The molecule has 3 amide bonds. The zero-order chi connectivity index (χ0) is 18.3. The molecule has 0 fully saturated rings. The van der Waals surface area contributed by atoms with E-state index < -0.39 is 41.4 Å². The second-order valence-electron chi connectivity index (χ2n) is 4.71. The first-order valence-corrected chi connectivity index (χ1v) is 6.81. The SMILES string of the molecule is C[C@H](OC(=O)CCNC(N)=O)C(=O)Nc1ccccc1C(F)(F)F. The molecular weight excluding hydrogens is 331 g/mol. The summed E-state index contributed by atoms with van der Waals surface area (Å²) in [5, 5.41) is 4.23. The van der Waals surface area contributed by atoms with E-state index in [2.05, 4.69) is 10.6 Å². The van der Waals surface area contributed by atoms with Crippen molar-refractivity contribution in [1.82, 2.24) is 5.32 Å². The lowest BCUT2D eigenvalue weighted by Crippen LogP contribution is -2.34. The number of amides is 3. The Labute approximate surface area is 135 Å². The van der Waals surface area contributed by atoms with E-state index >= 15 is 0 Å². The molecule has 4 N–H and O–H groups in total. The molecule has 7 nitrogen and oxygen atoms in total. The minimum Gasteiger partial charge on any atom is -0.452 e. The number of urea groups is 1. The fraction of sp³-hybridized carbons (Fsp3) is 0.357. The number of primary amides is 1. The summed E-state index contributed by atoms with van der Waals surface area (Å²) in [6.45, 7) is 1.13. The lowest BCUT2D eigenvalue weighted by molar-refractivity contribution is -0.153. The normalized spacial score (nSPS) is 12.2. The van der Waals surface area contributed by atoms with Crippen LogP contribution in [0.5, 0.6) is 0 Å². The Morgan fingerprint density at radius 1 is 1.25 bits per heavy atom. The average molecular weight is 347 g/mol. The van der Waals surface area contributed by atoms with E-state index in [1.807, 2.05) is 0 Å². The van der Waals surface area contributed by atoms with Crippen LogP contribution in [-0.4, -0.2) is 30.6 Å². The van der Waals surface area contributed by atoms with Gasteiger partial charge in [-0.2, -0.15) is 13.2 Å². The summed E-state index contributed by atoms with van der Waals surface area (Å²) in [6.07, 6.45) is -6.18. The topological polar surface area (TPSA) is 111 Å². The molecule has 132 valence electrons. The van der Waals surface area contributed by atoms with Crippen molar-refractivity contribution in [3.05, 3.63) is 29.8 Å². The van der Waals surface area contributed by atoms with Gasteiger partial charge in [-0.15, -0.1) is 0 Å². The van der Waals surface area contributed by atoms with E-state index in [0.29, 0.717) is 0 Å². The molecule has 0 aliphatic heterocycles. The highest BCUT2D eigenvalue weighted by molar-refractivity contribution is 5.95. The molecule has 0 saturated heterocycles. The van der Waals surface area contributed by atoms with Crippen LogP contribution in [0, 0.1) is 0 Å². The summed E-state index contributed by atoms with van der Waals surface area (Å²) in [6, 6.07) is 3.61. The lowest BCUT2D eigenvalue weighted by atomic mass is 10.1. The van der Waals surface area contributed by atoms with Gasteiger partial charge in [0.25, 0.3) is 5.91 Å². The van der Waals surface area contributed by atoms with Gasteiger partial charge in [-0.3, -0.25) is 9.59 Å². The molecule has 0 aliphatic rings. The van der Waals surface area contributed by atoms with Gasteiger partial charge in [0.05, 0.1) is 17.7 Å². The molecule has 0 aliphatic carbocycles. The van der Waals surface area contributed by atoms with Gasteiger partial charge in [-0.05, 0) is 19.1 Å². The maximum atomic E-state index is 12.8. The number of halogens is 3. The Morgan fingerprint density at radius 3 is 2.46 bits per heavy atom. The van der Waals surface area contributed by atoms with E-state index in [0.717, 1.165) is 12.1 Å². The summed E-state index contributed by atoms with van der Waals surface area (Å²) in [7, 11) is 0. The minimum absolute atomic E-state index is 0.0839. The number of carbonyl (C=O) groups excluding carboxylic acids is 3. The number of nitrogens with one attached hydrogen (secondary N) is 2. The molecule has 1 aromatic carbocycles. The Bertz CT molecular complexity index is 620. The van der Waals surface area contributed by atoms with Crippen LogP contribution in [0.25, 0.3) is 0 Å². The van der Waals surface area contributed by atoms with E-state index in [1.54, 1.807) is 0 Å². The molecular formula is C14H16F3N3O4. The number of alkyl halides is 3. The zero-order valence-corrected chi connectivity index (χ0v) is 12.6. The van der Waals surface area contributed by atoms with Crippen molar-refractivity contribution in [3.63, 3.8) is 0 Å². The first-order valence-electron chi connectivity index (χ1n) is 6.81. The van der Waals surface area contributed by atoms with Crippen LogP contribution in [-0.2, 0) is 20.5 Å². The Morgan fingerprint density at radius 2 is 1.88 bits per heavy atom. The van der Waals surface area contributed by atoms with E-state index in [4.69, 9.17) is 10.5 Å². The van der Waals surface area contributed by atoms with Crippen LogP contribution in [0.4, 0.5) is 23.7 Å². The number of hydrogen-bond acceptors (Lipinski definition) is 4. The van der Waals surface area contributed by atoms with Crippen molar-refractivity contribution >= 4 is 23.6 Å². The van der Waals surface area contributed by atoms with Gasteiger partial charge in [-0.25, -0.2) is 4.79 Å². The predicted molar refractivity (Wildman–Crippen MR) is 77.8 cm³/mol. The quantitative estimate of drug-likeness (QED) is 0.679. The van der Waals surface area contributed by atoms with Gasteiger partial charge in [0.15, 0.2) is 6.10 Å². The molecule has 1 atom stereocenters. The van der Waals surface area contributed by atoms with Crippen LogP contribution < -0.4 is 16.4 Å². The maximum Gasteiger partial charge on any atom is 0.418 e. The summed E-state index contributed by atoms with van der Waals surface area (Å²) in [5.74, 6) is -1.72. The number of rotatable bonds is 6. The zero-order valence-electron chi connectivity index (χ0n) is 12.6. The molecule has 0 radical (unpaired) electrons. The number of ether oxygens (including phenoxy) is 1. The molecule has 10 heteroatoms. The summed E-state index contributed by atoms with van der Waals surface area (Å²) in [4.78, 5) is 33.7. The lowest BCUT2D eigenvalue weighted by Gasteiger charge is -2.16. The van der Waals surface area contributed by atoms with Gasteiger partial charge in [0.1, 0.15) is 0 Å². The Kier molecular flexibility index (Phi) is 6.57. The average Bonchev–Trinajstić information content (AvgIpc) is 2.46. The number of anilines is 1. The van der Waals surface area contributed by atoms with Crippen molar-refractivity contribution in [2.24, 2.45) is 5.73 Å². The van der Waals surface area contributed by atoms with Gasteiger partial charge in [-0.1, -0.05) is 12.1 Å². The van der Waals surface area contributed by atoms with Crippen molar-refractivity contribution in [2.75, 3.05) is 11.9 Å². The smallest absolute Gasteiger partial charge is 0.418 e. The third-order valence-corrected chi connectivity index (χ3v) is 2.80. The Hall–Kier alpha value is -2.78. The number of hydrogen-bond donors (Lipinski definition) is 3. The summed E-state index contributed by atoms with van der Waals surface area (Å²) in [5.41, 5.74) is 3.36. The third kappa shape index (κ3) is 6.15. The number of nitrogens with two attached hydrogens (primary N) is 1. The van der Waals surface area contributed by atoms with Crippen molar-refractivity contribution in [1.29, 1.82) is 0 Å². The standard InChI is InChI=1S/C14H16F3N3O4/c1-8(24-11(21)6-7-19-13(18)23)12(22)20-10-5-3-2-4-9(10)14(15,16)17/h2-5,8H,6-7H2,1H3,(H,20,22)(H3,18,19,23)/t8-/m0/s1. The van der Waals surface area contributed by atoms with Crippen molar-refractivity contribution in [3.8, 4) is 0 Å². The van der Waals surface area contributed by atoms with E-state index in [9.17, 15) is 27.6 Å². The van der Waals surface area contributed by atoms with E-state index in [-0.39, 0.29) is 13.0 Å². The molecule has 0 saturated carbocycles. The van der Waals surface area contributed by atoms with Gasteiger partial charge in [0, 0.05) is 6.54 Å². The number of esters is 1. The number of benzene rings is 1. The highest BCUT2D eigenvalue weighted by Gasteiger charge is 2.34. The molecule has 0 bridgehead atoms. The van der Waals surface area contributed by atoms with Crippen LogP contribution in [0.3, 0.4) is 0 Å². The highest BCUT2D eigenvalue weighted by atomic mass is 19.4. The second-order valence-corrected chi connectivity index (χ2v) is 4.71. The molecule has 1 aromatic rings. The maximum absolute atomic E-state index is 12.8. The third-order valence-electron chi connectivity index (χ3n) is 2.80. The number of carbonyl (C=O) groups is 3. The van der Waals surface area contributed by atoms with Crippen molar-refractivity contribution < 1.29 is 32.3 Å². The largest absolute Gasteiger partial charge is 0.452 e. The summed E-state index contributed by atoms with van der Waals surface area (Å²) < 4.78 is 43.3. The minimum atomic E-state index is -4.63. The van der Waals surface area contributed by atoms with Gasteiger partial charge >= 0.3 is 18.2 Å². The van der Waals surface area contributed by atoms with Gasteiger partial charge in [0.2, 0.25) is 0 Å². The molecule has 0 heterocycles. The fourth-order valence-electron chi connectivity index (χ4n) is 1.67. The van der Waals surface area contributed by atoms with Crippen LogP contribution in [0.15, 0.2) is 24.3 Å². The van der Waals surface area contributed by atoms with Crippen LogP contribution >= 0.6 is 0 Å². The van der Waals surface area contributed by atoms with Crippen molar-refractivity contribution in [2.45, 2.75) is 25.6 Å². The number of para-hydroxylation sites is 1. The van der Waals surface area contributed by atoms with Crippen LogP contribution in [0.1, 0.15) is 18.9 Å². The van der Waals surface area contributed by atoms with E-state index in [1.165, 1.54) is 19.1 Å². The molecule has 1 rings (SSSR count). The fourth-order valence-corrected chi connectivity index (χ4v) is 1.67. The molecule has 0 aromatic heterocycles. The molecule has 0 unspecified atom stereocenters. The summed E-state index contributed by atoms with van der Waals surface area (Å²) >= 11 is 0. The van der Waals surface area contributed by atoms with Crippen LogP contribution in [0.2, 0.25) is 0 Å².